The van der Waals surface area contributed by atoms with Gasteiger partial charge in [-0.05, 0) is 42.9 Å². The predicted octanol–water partition coefficient (Wildman–Crippen LogP) is 3.96. The molecule has 0 N–H and O–H groups in total. The maximum atomic E-state index is 12.6. The first-order valence-corrected chi connectivity index (χ1v) is 10.3. The first-order chi connectivity index (χ1) is 13.2. The fourth-order valence-electron chi connectivity index (χ4n) is 3.82. The van der Waals surface area contributed by atoms with Gasteiger partial charge in [0.25, 0.3) is 0 Å². The lowest BCUT2D eigenvalue weighted by molar-refractivity contribution is -0.134. The Balaban J connectivity index is 1.43. The van der Waals surface area contributed by atoms with Crippen LogP contribution < -0.4 is 0 Å². The number of amides is 1. The van der Waals surface area contributed by atoms with Crippen molar-refractivity contribution < 1.29 is 4.79 Å². The Hall–Kier alpha value is -2.13. The Bertz CT molecular complexity index is 711. The molecule has 0 radical (unpaired) electrons. The molecule has 1 saturated heterocycles. The molecule has 0 aliphatic carbocycles. The van der Waals surface area contributed by atoms with Crippen LogP contribution in [0.2, 0.25) is 0 Å². The van der Waals surface area contributed by atoms with Gasteiger partial charge in [-0.25, -0.2) is 0 Å². The number of benzene rings is 2. The number of nitrogens with zero attached hydrogens (tertiary/aromatic N) is 2. The van der Waals surface area contributed by atoms with Crippen molar-refractivity contribution in [2.75, 3.05) is 26.2 Å². The van der Waals surface area contributed by atoms with Gasteiger partial charge in [0.2, 0.25) is 5.91 Å². The third-order valence-corrected chi connectivity index (χ3v) is 5.71. The summed E-state index contributed by atoms with van der Waals surface area (Å²) >= 11 is 0. The first kappa shape index (κ1) is 19.6. The maximum absolute atomic E-state index is 12.6. The number of carbonyl (C=O) groups excluding carboxylic acids is 1. The fraction of sp³-hybridized carbons (Fsp3) is 0.458. The summed E-state index contributed by atoms with van der Waals surface area (Å²) < 4.78 is 0. The molecule has 1 unspecified atom stereocenters. The Morgan fingerprint density at radius 3 is 2.26 bits per heavy atom. The predicted molar refractivity (Wildman–Crippen MR) is 112 cm³/mol. The lowest BCUT2D eigenvalue weighted by atomic mass is 10.0. The van der Waals surface area contributed by atoms with Crippen LogP contribution in [0.25, 0.3) is 0 Å². The second-order valence-corrected chi connectivity index (χ2v) is 7.63. The molecule has 0 aromatic heterocycles. The van der Waals surface area contributed by atoms with Crippen LogP contribution in [0.3, 0.4) is 0 Å². The quantitative estimate of drug-likeness (QED) is 0.742. The van der Waals surface area contributed by atoms with Crippen molar-refractivity contribution in [2.24, 2.45) is 0 Å². The molecular weight excluding hydrogens is 332 g/mol. The Morgan fingerprint density at radius 1 is 0.926 bits per heavy atom. The van der Waals surface area contributed by atoms with Crippen LogP contribution in [-0.4, -0.2) is 47.9 Å². The van der Waals surface area contributed by atoms with E-state index in [4.69, 9.17) is 0 Å². The van der Waals surface area contributed by atoms with Crippen molar-refractivity contribution in [3.63, 3.8) is 0 Å². The maximum Gasteiger partial charge on any atom is 0.222 e. The minimum atomic E-state index is 0.295. The summed E-state index contributed by atoms with van der Waals surface area (Å²) in [6, 6.07) is 19.8. The van der Waals surface area contributed by atoms with Gasteiger partial charge in [0, 0.05) is 38.6 Å². The van der Waals surface area contributed by atoms with E-state index in [9.17, 15) is 4.79 Å². The van der Waals surface area contributed by atoms with E-state index in [1.165, 1.54) is 16.7 Å². The van der Waals surface area contributed by atoms with E-state index < -0.39 is 0 Å². The second kappa shape index (κ2) is 9.70. The zero-order valence-electron chi connectivity index (χ0n) is 16.7. The van der Waals surface area contributed by atoms with Gasteiger partial charge in [-0.2, -0.15) is 0 Å². The smallest absolute Gasteiger partial charge is 0.222 e. The van der Waals surface area contributed by atoms with Gasteiger partial charge >= 0.3 is 0 Å². The topological polar surface area (TPSA) is 23.6 Å². The molecule has 1 aliphatic heterocycles. The average molecular weight is 365 g/mol. The van der Waals surface area contributed by atoms with Crippen LogP contribution in [0.15, 0.2) is 54.6 Å². The molecule has 0 bridgehead atoms. The Morgan fingerprint density at radius 2 is 1.59 bits per heavy atom. The largest absolute Gasteiger partial charge is 0.340 e. The van der Waals surface area contributed by atoms with E-state index in [0.717, 1.165) is 45.4 Å². The summed E-state index contributed by atoms with van der Waals surface area (Å²) in [6.07, 6.45) is 3.59. The number of hydrogen-bond donors (Lipinski definition) is 0. The monoisotopic (exact) mass is 364 g/mol. The van der Waals surface area contributed by atoms with E-state index in [-0.39, 0.29) is 0 Å². The zero-order chi connectivity index (χ0) is 19.1. The van der Waals surface area contributed by atoms with Gasteiger partial charge in [0.15, 0.2) is 0 Å². The van der Waals surface area contributed by atoms with Gasteiger partial charge in [0.1, 0.15) is 0 Å². The molecule has 1 amide bonds. The summed E-state index contributed by atoms with van der Waals surface area (Å²) in [6.45, 7) is 8.16. The number of hydrogen-bond acceptors (Lipinski definition) is 2. The van der Waals surface area contributed by atoms with Gasteiger partial charge < -0.3 is 4.90 Å². The van der Waals surface area contributed by atoms with Crippen molar-refractivity contribution in [2.45, 2.75) is 45.6 Å². The van der Waals surface area contributed by atoms with Crippen LogP contribution in [0.4, 0.5) is 0 Å². The molecule has 0 spiro atoms. The number of aryl methyl sites for hydroxylation is 2. The molecule has 27 heavy (non-hydrogen) atoms. The molecule has 1 fully saturated rings. The van der Waals surface area contributed by atoms with Crippen molar-refractivity contribution in [1.29, 1.82) is 0 Å². The van der Waals surface area contributed by atoms with Crippen LogP contribution in [-0.2, 0) is 24.1 Å². The molecule has 1 atom stereocenters. The summed E-state index contributed by atoms with van der Waals surface area (Å²) in [7, 11) is 0. The molecule has 3 heteroatoms. The van der Waals surface area contributed by atoms with Crippen LogP contribution in [0, 0.1) is 0 Å². The molecule has 3 rings (SSSR count). The second-order valence-electron chi connectivity index (χ2n) is 7.63. The van der Waals surface area contributed by atoms with Gasteiger partial charge in [0.05, 0.1) is 0 Å². The van der Waals surface area contributed by atoms with E-state index in [1.54, 1.807) is 0 Å². The molecule has 3 nitrogen and oxygen atoms in total. The molecule has 2 aromatic carbocycles. The lowest BCUT2D eigenvalue weighted by Crippen LogP contribution is -2.54. The Labute approximate surface area is 164 Å². The van der Waals surface area contributed by atoms with Crippen molar-refractivity contribution in [3.05, 3.63) is 71.3 Å². The van der Waals surface area contributed by atoms with E-state index in [1.807, 2.05) is 0 Å². The van der Waals surface area contributed by atoms with E-state index in [0.29, 0.717) is 18.4 Å². The van der Waals surface area contributed by atoms with E-state index in [2.05, 4.69) is 78.2 Å². The van der Waals surface area contributed by atoms with Crippen LogP contribution in [0.1, 0.15) is 37.0 Å². The van der Waals surface area contributed by atoms with Crippen molar-refractivity contribution in [3.8, 4) is 0 Å². The zero-order valence-corrected chi connectivity index (χ0v) is 16.7. The molecule has 1 aliphatic rings. The van der Waals surface area contributed by atoms with Crippen molar-refractivity contribution >= 4 is 5.91 Å². The molecule has 144 valence electrons. The Kier molecular flexibility index (Phi) is 7.05. The molecule has 0 saturated carbocycles. The van der Waals surface area contributed by atoms with Crippen molar-refractivity contribution in [1.82, 2.24) is 9.80 Å². The summed E-state index contributed by atoms with van der Waals surface area (Å²) in [5.41, 5.74) is 4.00. The highest BCUT2D eigenvalue weighted by Gasteiger charge is 2.26. The highest BCUT2D eigenvalue weighted by molar-refractivity contribution is 5.76. The third-order valence-electron chi connectivity index (χ3n) is 5.71. The first-order valence-electron chi connectivity index (χ1n) is 10.3. The standard InChI is InChI=1S/C24H32N2O/c1-3-21-9-11-23(12-10-21)13-14-24(27)26-18-17-25(20(2)19-26)16-15-22-7-5-4-6-8-22/h4-12,20H,3,13-19H2,1-2H3. The van der Waals surface area contributed by atoms with Gasteiger partial charge in [-0.15, -0.1) is 0 Å². The average Bonchev–Trinajstić information content (AvgIpc) is 2.72. The number of piperazine rings is 1. The summed E-state index contributed by atoms with van der Waals surface area (Å²) in [4.78, 5) is 17.2. The van der Waals surface area contributed by atoms with Gasteiger partial charge in [-0.1, -0.05) is 61.5 Å². The minimum absolute atomic E-state index is 0.295. The molecular formula is C24H32N2O. The number of carbonyl (C=O) groups is 1. The van der Waals surface area contributed by atoms with Crippen LogP contribution >= 0.6 is 0 Å². The van der Waals surface area contributed by atoms with Gasteiger partial charge in [-0.3, -0.25) is 9.69 Å². The number of rotatable bonds is 7. The molecule has 1 heterocycles. The normalized spacial score (nSPS) is 17.9. The molecule has 2 aromatic rings. The minimum Gasteiger partial charge on any atom is -0.340 e. The van der Waals surface area contributed by atoms with E-state index >= 15 is 0 Å². The fourth-order valence-corrected chi connectivity index (χ4v) is 3.82. The summed E-state index contributed by atoms with van der Waals surface area (Å²) in [5, 5.41) is 0. The lowest BCUT2D eigenvalue weighted by Gasteiger charge is -2.40. The third kappa shape index (κ3) is 5.67. The SMILES string of the molecule is CCc1ccc(CCC(=O)N2CCN(CCc3ccccc3)C(C)C2)cc1. The summed E-state index contributed by atoms with van der Waals surface area (Å²) in [5.74, 6) is 0.295. The highest BCUT2D eigenvalue weighted by atomic mass is 16.2. The highest BCUT2D eigenvalue weighted by Crippen LogP contribution is 2.14. The van der Waals surface area contributed by atoms with Crippen LogP contribution in [0.5, 0.6) is 0 Å².